The summed E-state index contributed by atoms with van der Waals surface area (Å²) in [6.45, 7) is 0.327. The van der Waals surface area contributed by atoms with Crippen LogP contribution in [0.3, 0.4) is 0 Å². The van der Waals surface area contributed by atoms with Crippen LogP contribution in [0.4, 0.5) is 0 Å². The number of halogens is 3. The third-order valence-electron chi connectivity index (χ3n) is 6.10. The number of esters is 1. The molecule has 2 aromatic rings. The summed E-state index contributed by atoms with van der Waals surface area (Å²) in [6.07, 6.45) is 0. The molecule has 184 valence electrons. The second-order valence-electron chi connectivity index (χ2n) is 7.63. The topological polar surface area (TPSA) is 81.7 Å². The minimum atomic E-state index is -0.376. The number of alkyl halides is 1. The fourth-order valence-corrected chi connectivity index (χ4v) is 6.58. The first kappa shape index (κ1) is 25.2. The van der Waals surface area contributed by atoms with Crippen LogP contribution in [0, 0.1) is 11.8 Å². The highest BCUT2D eigenvalue weighted by Crippen LogP contribution is 2.56. The fourth-order valence-electron chi connectivity index (χ4n) is 4.48. The number of methoxy groups -OCH3 is 4. The number of hydrogen-bond donors (Lipinski definition) is 0. The first-order valence-corrected chi connectivity index (χ1v) is 13.0. The molecule has 0 aliphatic carbocycles. The Kier molecular flexibility index (Phi) is 7.73. The molecule has 3 atom stereocenters. The van der Waals surface area contributed by atoms with Gasteiger partial charge < -0.3 is 33.2 Å². The number of cyclic esters (lactones) is 1. The molecule has 11 heteroatoms. The Bertz CT molecular complexity index is 1110. The number of benzene rings is 2. The van der Waals surface area contributed by atoms with Crippen LogP contribution < -0.4 is 28.4 Å². The van der Waals surface area contributed by atoms with E-state index in [2.05, 4.69) is 47.8 Å². The summed E-state index contributed by atoms with van der Waals surface area (Å²) in [5.74, 6) is 1.83. The van der Waals surface area contributed by atoms with Crippen LogP contribution in [0.5, 0.6) is 34.5 Å². The van der Waals surface area contributed by atoms with Crippen LogP contribution in [0.15, 0.2) is 21.1 Å². The summed E-state index contributed by atoms with van der Waals surface area (Å²) in [7, 11) is 6.24. The van der Waals surface area contributed by atoms with Crippen LogP contribution in [0.25, 0.3) is 0 Å². The quantitative estimate of drug-likeness (QED) is 0.278. The van der Waals surface area contributed by atoms with Gasteiger partial charge in [0.05, 0.1) is 49.9 Å². The van der Waals surface area contributed by atoms with Crippen molar-refractivity contribution in [1.29, 1.82) is 0 Å². The van der Waals surface area contributed by atoms with E-state index in [1.807, 2.05) is 12.1 Å². The maximum Gasteiger partial charge on any atom is 0.310 e. The zero-order valence-corrected chi connectivity index (χ0v) is 23.7. The van der Waals surface area contributed by atoms with Gasteiger partial charge in [0, 0.05) is 17.2 Å². The summed E-state index contributed by atoms with van der Waals surface area (Å²) in [4.78, 5) is 12.6. The van der Waals surface area contributed by atoms with Crippen molar-refractivity contribution in [1.82, 2.24) is 0 Å². The molecule has 2 aliphatic heterocycles. The molecule has 0 amide bonds. The molecule has 0 spiro atoms. The van der Waals surface area contributed by atoms with Crippen molar-refractivity contribution < 1.29 is 38.0 Å². The van der Waals surface area contributed by atoms with Gasteiger partial charge in [0.2, 0.25) is 18.3 Å². The van der Waals surface area contributed by atoms with Crippen molar-refractivity contribution >= 4 is 53.8 Å². The number of carbonyl (C=O) groups is 1. The molecule has 0 saturated carbocycles. The van der Waals surface area contributed by atoms with Gasteiger partial charge in [0.15, 0.2) is 23.0 Å². The highest BCUT2D eigenvalue weighted by molar-refractivity contribution is 9.11. The van der Waals surface area contributed by atoms with Gasteiger partial charge in [-0.15, -0.1) is 0 Å². The molecule has 0 aromatic heterocycles. The SMILES string of the molecule is COc1cc(C(c2cc(OC)c3c(c2Br)OCO3)C2COC(=O)C2CBr)c(Br)c(OC)c1OC. The van der Waals surface area contributed by atoms with Crippen LogP contribution in [-0.4, -0.2) is 53.1 Å². The minimum absolute atomic E-state index is 0.0847. The molecule has 0 N–H and O–H groups in total. The molecule has 34 heavy (non-hydrogen) atoms. The Balaban J connectivity index is 2.02. The van der Waals surface area contributed by atoms with Crippen LogP contribution >= 0.6 is 47.8 Å². The van der Waals surface area contributed by atoms with Gasteiger partial charge in [0.25, 0.3) is 0 Å². The number of carbonyl (C=O) groups excluding carboxylic acids is 1. The summed E-state index contributed by atoms with van der Waals surface area (Å²) >= 11 is 10.9. The van der Waals surface area contributed by atoms with Crippen LogP contribution in [-0.2, 0) is 9.53 Å². The fraction of sp³-hybridized carbons (Fsp3) is 0.435. The summed E-state index contributed by atoms with van der Waals surface area (Å²) in [6, 6.07) is 3.78. The van der Waals surface area contributed by atoms with Crippen molar-refractivity contribution in [2.24, 2.45) is 11.8 Å². The number of hydrogen-bond acceptors (Lipinski definition) is 8. The highest BCUT2D eigenvalue weighted by Gasteiger charge is 2.45. The van der Waals surface area contributed by atoms with E-state index in [-0.39, 0.29) is 37.1 Å². The average molecular weight is 667 g/mol. The molecular weight excluding hydrogens is 644 g/mol. The van der Waals surface area contributed by atoms with Crippen molar-refractivity contribution in [3.63, 3.8) is 0 Å². The van der Waals surface area contributed by atoms with E-state index in [4.69, 9.17) is 33.2 Å². The molecule has 0 bridgehead atoms. The second-order valence-corrected chi connectivity index (χ2v) is 9.86. The average Bonchev–Trinajstić information content (AvgIpc) is 3.48. The van der Waals surface area contributed by atoms with E-state index in [0.29, 0.717) is 48.8 Å². The molecule has 1 fully saturated rings. The van der Waals surface area contributed by atoms with E-state index in [1.165, 1.54) is 0 Å². The van der Waals surface area contributed by atoms with Gasteiger partial charge in [-0.25, -0.2) is 0 Å². The first-order valence-electron chi connectivity index (χ1n) is 10.3. The van der Waals surface area contributed by atoms with Crippen molar-refractivity contribution in [2.75, 3.05) is 47.2 Å². The van der Waals surface area contributed by atoms with Crippen molar-refractivity contribution in [3.05, 3.63) is 32.2 Å². The van der Waals surface area contributed by atoms with E-state index < -0.39 is 0 Å². The molecular formula is C23H23Br3O8. The molecule has 2 heterocycles. The van der Waals surface area contributed by atoms with Crippen LogP contribution in [0.2, 0.25) is 0 Å². The lowest BCUT2D eigenvalue weighted by atomic mass is 9.76. The van der Waals surface area contributed by atoms with Crippen molar-refractivity contribution in [3.8, 4) is 34.5 Å². The predicted octanol–water partition coefficient (Wildman–Crippen LogP) is 5.29. The lowest BCUT2D eigenvalue weighted by molar-refractivity contribution is -0.140. The zero-order chi connectivity index (χ0) is 24.6. The van der Waals surface area contributed by atoms with E-state index >= 15 is 0 Å². The second kappa shape index (κ2) is 10.4. The molecule has 8 nitrogen and oxygen atoms in total. The Hall–Kier alpha value is -1.85. The third kappa shape index (κ3) is 4.09. The first-order chi connectivity index (χ1) is 16.4. The van der Waals surface area contributed by atoms with Gasteiger partial charge in [-0.3, -0.25) is 4.79 Å². The Morgan fingerprint density at radius 3 is 2.12 bits per heavy atom. The van der Waals surface area contributed by atoms with Gasteiger partial charge in [-0.05, 0) is 55.1 Å². The lowest BCUT2D eigenvalue weighted by Crippen LogP contribution is -2.25. The lowest BCUT2D eigenvalue weighted by Gasteiger charge is -2.30. The van der Waals surface area contributed by atoms with E-state index in [0.717, 1.165) is 11.1 Å². The van der Waals surface area contributed by atoms with E-state index in [1.54, 1.807) is 28.4 Å². The highest BCUT2D eigenvalue weighted by atomic mass is 79.9. The normalized spacial score (nSPS) is 19.6. The van der Waals surface area contributed by atoms with Crippen LogP contribution in [0.1, 0.15) is 17.0 Å². The maximum absolute atomic E-state index is 12.6. The Morgan fingerprint density at radius 1 is 0.882 bits per heavy atom. The molecule has 2 aliphatic rings. The van der Waals surface area contributed by atoms with Crippen molar-refractivity contribution in [2.45, 2.75) is 5.92 Å². The molecule has 4 rings (SSSR count). The Morgan fingerprint density at radius 2 is 1.50 bits per heavy atom. The smallest absolute Gasteiger partial charge is 0.310 e. The van der Waals surface area contributed by atoms with Gasteiger partial charge in [-0.2, -0.15) is 0 Å². The van der Waals surface area contributed by atoms with Gasteiger partial charge in [0.1, 0.15) is 0 Å². The standard InChI is InChI=1S/C23H23Br3O8/c1-28-14-5-10(17(25)21(31-4)19(14)30-3)16(13-8-32-23(27)12(13)7-24)11-6-15(29-2)20-22(18(11)26)34-9-33-20/h5-6,12-13,16H,7-9H2,1-4H3. The molecule has 0 radical (unpaired) electrons. The van der Waals surface area contributed by atoms with Gasteiger partial charge >= 0.3 is 5.97 Å². The monoisotopic (exact) mass is 664 g/mol. The zero-order valence-electron chi connectivity index (χ0n) is 18.9. The molecule has 2 aromatic carbocycles. The molecule has 1 saturated heterocycles. The summed E-state index contributed by atoms with van der Waals surface area (Å²) < 4.78 is 40.8. The number of rotatable bonds is 8. The predicted molar refractivity (Wildman–Crippen MR) is 134 cm³/mol. The maximum atomic E-state index is 12.6. The largest absolute Gasteiger partial charge is 0.493 e. The van der Waals surface area contributed by atoms with E-state index in [9.17, 15) is 4.79 Å². The summed E-state index contributed by atoms with van der Waals surface area (Å²) in [5.41, 5.74) is 1.66. The van der Waals surface area contributed by atoms with Gasteiger partial charge in [-0.1, -0.05) is 15.9 Å². The third-order valence-corrected chi connectivity index (χ3v) is 8.43. The number of fused-ring (bicyclic) bond motifs is 1. The Labute approximate surface area is 222 Å². The number of ether oxygens (including phenoxy) is 7. The molecule has 3 unspecified atom stereocenters. The summed E-state index contributed by atoms with van der Waals surface area (Å²) in [5, 5.41) is 0.453. The minimum Gasteiger partial charge on any atom is -0.493 e.